The monoisotopic (exact) mass is 223 g/mol. The average molecular weight is 223 g/mol. The first-order valence-corrected chi connectivity index (χ1v) is 5.67. The van der Waals surface area contributed by atoms with Crippen LogP contribution in [0.4, 0.5) is 0 Å². The van der Waals surface area contributed by atoms with Crippen LogP contribution in [0.25, 0.3) is 5.13 Å². The summed E-state index contributed by atoms with van der Waals surface area (Å²) in [5.41, 5.74) is 5.51. The number of aryl methyl sites for hydroxylation is 1. The van der Waals surface area contributed by atoms with Crippen molar-refractivity contribution in [3.05, 3.63) is 24.0 Å². The lowest BCUT2D eigenvalue weighted by molar-refractivity contribution is 0.828. The second-order valence-corrected chi connectivity index (χ2v) is 3.83. The highest BCUT2D eigenvalue weighted by molar-refractivity contribution is 7.08. The Bertz CT molecular complexity index is 433. The number of hydrogen-bond acceptors (Lipinski definition) is 5. The Morgan fingerprint density at radius 2 is 2.40 bits per heavy atom. The van der Waals surface area contributed by atoms with Gasteiger partial charge in [-0.25, -0.2) is 9.97 Å². The van der Waals surface area contributed by atoms with E-state index in [1.807, 2.05) is 17.7 Å². The standard InChI is InChI=1S/C9H13N5S/c1-2-7-12-9(15-13-7)14-6-5-11-8(14)3-4-10/h5-6H,2-4,10H2,1H3. The molecule has 0 saturated heterocycles. The summed E-state index contributed by atoms with van der Waals surface area (Å²) in [7, 11) is 0. The number of hydrogen-bond donors (Lipinski definition) is 1. The highest BCUT2D eigenvalue weighted by atomic mass is 32.1. The predicted octanol–water partition coefficient (Wildman–Crippen LogP) is 0.787. The Hall–Kier alpha value is -1.27. The lowest BCUT2D eigenvalue weighted by Crippen LogP contribution is -2.08. The van der Waals surface area contributed by atoms with Crippen LogP contribution in [0.3, 0.4) is 0 Å². The maximum Gasteiger partial charge on any atom is 0.214 e. The molecule has 0 atom stereocenters. The third kappa shape index (κ3) is 2.05. The van der Waals surface area contributed by atoms with E-state index in [1.54, 1.807) is 6.20 Å². The van der Waals surface area contributed by atoms with Gasteiger partial charge in [-0.1, -0.05) is 6.92 Å². The molecular formula is C9H13N5S. The molecule has 2 heterocycles. The molecule has 5 nitrogen and oxygen atoms in total. The Morgan fingerprint density at radius 3 is 3.07 bits per heavy atom. The average Bonchev–Trinajstić information content (AvgIpc) is 2.85. The van der Waals surface area contributed by atoms with Crippen molar-refractivity contribution < 1.29 is 0 Å². The lowest BCUT2D eigenvalue weighted by Gasteiger charge is -2.00. The van der Waals surface area contributed by atoms with Crippen LogP contribution >= 0.6 is 11.5 Å². The molecule has 2 aromatic heterocycles. The molecule has 0 aromatic carbocycles. The molecule has 2 aromatic rings. The highest BCUT2D eigenvalue weighted by Gasteiger charge is 2.08. The summed E-state index contributed by atoms with van der Waals surface area (Å²) in [6.45, 7) is 2.64. The third-order valence-electron chi connectivity index (χ3n) is 2.06. The minimum Gasteiger partial charge on any atom is -0.330 e. The maximum absolute atomic E-state index is 5.51. The molecule has 2 rings (SSSR count). The van der Waals surface area contributed by atoms with Gasteiger partial charge in [-0.2, -0.15) is 4.37 Å². The molecule has 0 amide bonds. The van der Waals surface area contributed by atoms with Crippen LogP contribution in [0.5, 0.6) is 0 Å². The quantitative estimate of drug-likeness (QED) is 0.832. The summed E-state index contributed by atoms with van der Waals surface area (Å²) in [5.74, 6) is 1.82. The molecule has 6 heteroatoms. The van der Waals surface area contributed by atoms with Crippen molar-refractivity contribution in [1.29, 1.82) is 0 Å². The van der Waals surface area contributed by atoms with Gasteiger partial charge in [-0.15, -0.1) is 0 Å². The minimum absolute atomic E-state index is 0.594. The van der Waals surface area contributed by atoms with Crippen LogP contribution in [0.1, 0.15) is 18.6 Å². The van der Waals surface area contributed by atoms with E-state index < -0.39 is 0 Å². The first-order valence-electron chi connectivity index (χ1n) is 4.90. The van der Waals surface area contributed by atoms with Gasteiger partial charge in [-0.3, -0.25) is 4.57 Å². The first kappa shape index (κ1) is 10.3. The van der Waals surface area contributed by atoms with Crippen LogP contribution in [0, 0.1) is 0 Å². The Balaban J connectivity index is 2.31. The van der Waals surface area contributed by atoms with E-state index in [0.717, 1.165) is 29.6 Å². The fraction of sp³-hybridized carbons (Fsp3) is 0.444. The van der Waals surface area contributed by atoms with Gasteiger partial charge in [0, 0.05) is 36.8 Å². The number of nitrogens with two attached hydrogens (primary N) is 1. The van der Waals surface area contributed by atoms with Crippen molar-refractivity contribution in [3.63, 3.8) is 0 Å². The van der Waals surface area contributed by atoms with Crippen molar-refractivity contribution in [2.24, 2.45) is 5.73 Å². The smallest absolute Gasteiger partial charge is 0.214 e. The summed E-state index contributed by atoms with van der Waals surface area (Å²) >= 11 is 1.39. The van der Waals surface area contributed by atoms with E-state index in [1.165, 1.54) is 11.5 Å². The molecule has 0 bridgehead atoms. The molecule has 80 valence electrons. The normalized spacial score (nSPS) is 10.8. The van der Waals surface area contributed by atoms with E-state index in [9.17, 15) is 0 Å². The van der Waals surface area contributed by atoms with Crippen molar-refractivity contribution >= 4 is 11.5 Å². The largest absolute Gasteiger partial charge is 0.330 e. The van der Waals surface area contributed by atoms with Gasteiger partial charge in [-0.05, 0) is 6.54 Å². The summed E-state index contributed by atoms with van der Waals surface area (Å²) in [6.07, 6.45) is 5.27. The van der Waals surface area contributed by atoms with Crippen LogP contribution in [-0.4, -0.2) is 25.5 Å². The van der Waals surface area contributed by atoms with Gasteiger partial charge in [0.25, 0.3) is 0 Å². The number of imidazole rings is 1. The fourth-order valence-electron chi connectivity index (χ4n) is 1.31. The second-order valence-electron chi connectivity index (χ2n) is 3.10. The van der Waals surface area contributed by atoms with Gasteiger partial charge in [0.05, 0.1) is 0 Å². The minimum atomic E-state index is 0.594. The SMILES string of the molecule is CCc1nsc(-n2ccnc2CCN)n1. The summed E-state index contributed by atoms with van der Waals surface area (Å²) < 4.78 is 6.19. The molecule has 0 saturated carbocycles. The highest BCUT2D eigenvalue weighted by Crippen LogP contribution is 2.13. The summed E-state index contributed by atoms with van der Waals surface area (Å²) in [6, 6.07) is 0. The molecule has 0 unspecified atom stereocenters. The summed E-state index contributed by atoms with van der Waals surface area (Å²) in [5, 5.41) is 0.868. The van der Waals surface area contributed by atoms with E-state index >= 15 is 0 Å². The van der Waals surface area contributed by atoms with Gasteiger partial charge < -0.3 is 5.73 Å². The number of nitrogens with zero attached hydrogens (tertiary/aromatic N) is 4. The molecule has 0 radical (unpaired) electrons. The van der Waals surface area contributed by atoms with Crippen LogP contribution in [0.2, 0.25) is 0 Å². The first-order chi connectivity index (χ1) is 7.35. The van der Waals surface area contributed by atoms with Gasteiger partial charge in [0.2, 0.25) is 5.13 Å². The van der Waals surface area contributed by atoms with Crippen LogP contribution in [0.15, 0.2) is 12.4 Å². The van der Waals surface area contributed by atoms with Gasteiger partial charge >= 0.3 is 0 Å². The fourth-order valence-corrected chi connectivity index (χ4v) is 2.07. The van der Waals surface area contributed by atoms with Crippen LogP contribution in [-0.2, 0) is 12.8 Å². The van der Waals surface area contributed by atoms with E-state index in [4.69, 9.17) is 5.73 Å². The Labute approximate surface area is 92.1 Å². The zero-order valence-electron chi connectivity index (χ0n) is 8.55. The van der Waals surface area contributed by atoms with Crippen molar-refractivity contribution in [2.75, 3.05) is 6.54 Å². The lowest BCUT2D eigenvalue weighted by atomic mass is 10.4. The van der Waals surface area contributed by atoms with Crippen molar-refractivity contribution in [2.45, 2.75) is 19.8 Å². The number of rotatable bonds is 4. The molecule has 0 spiro atoms. The Morgan fingerprint density at radius 1 is 1.53 bits per heavy atom. The maximum atomic E-state index is 5.51. The van der Waals surface area contributed by atoms with Gasteiger partial charge in [0.1, 0.15) is 11.6 Å². The van der Waals surface area contributed by atoms with Crippen molar-refractivity contribution in [3.8, 4) is 5.13 Å². The molecule has 0 aliphatic carbocycles. The van der Waals surface area contributed by atoms with E-state index in [2.05, 4.69) is 14.3 Å². The molecule has 0 aliphatic heterocycles. The molecule has 0 fully saturated rings. The number of aromatic nitrogens is 4. The van der Waals surface area contributed by atoms with E-state index in [0.29, 0.717) is 6.54 Å². The van der Waals surface area contributed by atoms with Crippen LogP contribution < -0.4 is 5.73 Å². The van der Waals surface area contributed by atoms with Crippen molar-refractivity contribution in [1.82, 2.24) is 18.9 Å². The van der Waals surface area contributed by atoms with Gasteiger partial charge in [0.15, 0.2) is 0 Å². The van der Waals surface area contributed by atoms with E-state index in [-0.39, 0.29) is 0 Å². The second kappa shape index (κ2) is 4.50. The Kier molecular flexibility index (Phi) is 3.08. The molecule has 2 N–H and O–H groups in total. The predicted molar refractivity (Wildman–Crippen MR) is 59.2 cm³/mol. The topological polar surface area (TPSA) is 69.6 Å². The molecule has 15 heavy (non-hydrogen) atoms. The molecule has 0 aliphatic rings. The molecular weight excluding hydrogens is 210 g/mol. The summed E-state index contributed by atoms with van der Waals surface area (Å²) in [4.78, 5) is 8.64. The zero-order chi connectivity index (χ0) is 10.7. The third-order valence-corrected chi connectivity index (χ3v) is 2.82. The zero-order valence-corrected chi connectivity index (χ0v) is 9.37.